The second kappa shape index (κ2) is 16.1. The first-order valence-corrected chi connectivity index (χ1v) is 16.1. The molecule has 0 unspecified atom stereocenters. The van der Waals surface area contributed by atoms with Gasteiger partial charge in [-0.1, -0.05) is 75.6 Å². The second-order valence-corrected chi connectivity index (χ2v) is 11.9. The van der Waals surface area contributed by atoms with E-state index in [1.54, 1.807) is 7.11 Å². The molecule has 1 aliphatic rings. The number of amides is 1. The van der Waals surface area contributed by atoms with E-state index in [0.29, 0.717) is 43.2 Å². The van der Waals surface area contributed by atoms with Crippen LogP contribution in [0.2, 0.25) is 0 Å². The third kappa shape index (κ3) is 8.13. The quantitative estimate of drug-likeness (QED) is 0.0603. The Morgan fingerprint density at radius 2 is 1.72 bits per heavy atom. The van der Waals surface area contributed by atoms with Gasteiger partial charge in [0.2, 0.25) is 5.90 Å². The number of carbonyl (C=O) groups excluding carboxylic acids is 1. The minimum atomic E-state index is -1.41. The van der Waals surface area contributed by atoms with Gasteiger partial charge >= 0.3 is 0 Å². The van der Waals surface area contributed by atoms with Crippen molar-refractivity contribution in [3.63, 3.8) is 0 Å². The van der Waals surface area contributed by atoms with Crippen LogP contribution >= 0.6 is 15.9 Å². The number of nitrogens with zero attached hydrogens (tertiary/aromatic N) is 4. The highest BCUT2D eigenvalue weighted by atomic mass is 79.9. The average molecular weight is 699 g/mol. The van der Waals surface area contributed by atoms with E-state index in [4.69, 9.17) is 29.8 Å². The maximum Gasteiger partial charge on any atom is 0.252 e. The second-order valence-electron chi connectivity index (χ2n) is 11.0. The van der Waals surface area contributed by atoms with Gasteiger partial charge in [-0.3, -0.25) is 4.79 Å². The number of methoxy groups -OCH3 is 1. The van der Waals surface area contributed by atoms with Gasteiger partial charge < -0.3 is 24.6 Å². The SMILES string of the molecule is COc1ccc(CCNC(=O)[C@]2(Cc3ccccc3CN=[N+]=[N-])N=C(c3ccc(OCCCO)cc3)O[C@@H]2c2ccccc2Br)cc1. The van der Waals surface area contributed by atoms with Crippen LogP contribution in [0.5, 0.6) is 11.5 Å². The molecule has 11 heteroatoms. The molecular formula is C36H36BrN5O5. The van der Waals surface area contributed by atoms with E-state index in [9.17, 15) is 4.79 Å². The molecule has 10 nitrogen and oxygen atoms in total. The number of aliphatic imine (C=N–C) groups is 1. The van der Waals surface area contributed by atoms with Crippen LogP contribution < -0.4 is 14.8 Å². The highest BCUT2D eigenvalue weighted by molar-refractivity contribution is 9.10. The van der Waals surface area contributed by atoms with Crippen LogP contribution in [0.4, 0.5) is 0 Å². The van der Waals surface area contributed by atoms with E-state index < -0.39 is 11.6 Å². The molecule has 0 bridgehead atoms. The van der Waals surface area contributed by atoms with Crippen molar-refractivity contribution in [2.24, 2.45) is 10.1 Å². The van der Waals surface area contributed by atoms with Crippen molar-refractivity contribution >= 4 is 27.7 Å². The van der Waals surface area contributed by atoms with E-state index in [2.05, 4.69) is 31.3 Å². The smallest absolute Gasteiger partial charge is 0.252 e. The van der Waals surface area contributed by atoms with Gasteiger partial charge in [0.1, 0.15) is 11.5 Å². The zero-order chi connectivity index (χ0) is 33.1. The van der Waals surface area contributed by atoms with Gasteiger partial charge in [-0.2, -0.15) is 0 Å². The topological polar surface area (TPSA) is 138 Å². The molecule has 242 valence electrons. The molecule has 4 aromatic rings. The molecule has 2 N–H and O–H groups in total. The van der Waals surface area contributed by atoms with Crippen LogP contribution in [0.15, 0.2) is 112 Å². The van der Waals surface area contributed by atoms with Crippen LogP contribution in [0.1, 0.15) is 40.3 Å². The number of hydrogen-bond acceptors (Lipinski definition) is 7. The van der Waals surface area contributed by atoms with Gasteiger partial charge in [0.05, 0.1) is 20.3 Å². The first kappa shape index (κ1) is 33.5. The number of benzene rings is 4. The van der Waals surface area contributed by atoms with Crippen molar-refractivity contribution < 1.29 is 24.1 Å². The van der Waals surface area contributed by atoms with E-state index in [1.165, 1.54) is 0 Å². The fourth-order valence-corrected chi connectivity index (χ4v) is 5.99. The number of halogens is 1. The summed E-state index contributed by atoms with van der Waals surface area (Å²) in [7, 11) is 1.63. The number of ether oxygens (including phenoxy) is 3. The van der Waals surface area contributed by atoms with E-state index >= 15 is 0 Å². The van der Waals surface area contributed by atoms with Crippen molar-refractivity contribution in [3.05, 3.63) is 140 Å². The summed E-state index contributed by atoms with van der Waals surface area (Å²) in [4.78, 5) is 22.7. The Bertz CT molecular complexity index is 1740. The van der Waals surface area contributed by atoms with Gasteiger partial charge in [-0.05, 0) is 71.1 Å². The predicted molar refractivity (Wildman–Crippen MR) is 184 cm³/mol. The first-order chi connectivity index (χ1) is 23.0. The average Bonchev–Trinajstić information content (AvgIpc) is 3.49. The summed E-state index contributed by atoms with van der Waals surface area (Å²) in [6, 6.07) is 30.3. The zero-order valence-electron chi connectivity index (χ0n) is 26.0. The Labute approximate surface area is 282 Å². The van der Waals surface area contributed by atoms with Crippen LogP contribution in [0, 0.1) is 0 Å². The first-order valence-electron chi connectivity index (χ1n) is 15.3. The van der Waals surface area contributed by atoms with Crippen molar-refractivity contribution in [2.45, 2.75) is 37.5 Å². The molecule has 1 heterocycles. The Balaban J connectivity index is 1.55. The van der Waals surface area contributed by atoms with Crippen molar-refractivity contribution in [2.75, 3.05) is 26.9 Å². The molecule has 2 atom stereocenters. The highest BCUT2D eigenvalue weighted by Gasteiger charge is 2.54. The molecular weight excluding hydrogens is 662 g/mol. The molecule has 0 aliphatic carbocycles. The molecule has 0 saturated carbocycles. The Morgan fingerprint density at radius 3 is 2.43 bits per heavy atom. The van der Waals surface area contributed by atoms with Gasteiger partial charge in [-0.25, -0.2) is 4.99 Å². The van der Waals surface area contributed by atoms with Crippen molar-refractivity contribution in [1.82, 2.24) is 5.32 Å². The summed E-state index contributed by atoms with van der Waals surface area (Å²) in [6.45, 7) is 0.958. The van der Waals surface area contributed by atoms with E-state index in [0.717, 1.165) is 32.5 Å². The molecule has 0 aromatic heterocycles. The van der Waals surface area contributed by atoms with Gasteiger partial charge in [0.25, 0.3) is 5.91 Å². The molecule has 1 amide bonds. The minimum Gasteiger partial charge on any atom is -0.497 e. The maximum atomic E-state index is 14.6. The summed E-state index contributed by atoms with van der Waals surface area (Å²) in [5.41, 5.74) is 11.8. The van der Waals surface area contributed by atoms with E-state index in [1.807, 2.05) is 97.1 Å². The summed E-state index contributed by atoms with van der Waals surface area (Å²) in [5, 5.41) is 16.0. The number of azide groups is 1. The van der Waals surface area contributed by atoms with E-state index in [-0.39, 0.29) is 25.5 Å². The number of aliphatic hydroxyl groups is 1. The number of carbonyl (C=O) groups is 1. The van der Waals surface area contributed by atoms with Gasteiger partial charge in [0.15, 0.2) is 11.6 Å². The van der Waals surface area contributed by atoms with Crippen LogP contribution in [-0.2, 0) is 28.9 Å². The van der Waals surface area contributed by atoms with Crippen LogP contribution in [0.3, 0.4) is 0 Å². The fraction of sp³-hybridized carbons (Fsp3) is 0.278. The molecule has 0 radical (unpaired) electrons. The molecule has 0 spiro atoms. The van der Waals surface area contributed by atoms with Crippen LogP contribution in [0.25, 0.3) is 10.4 Å². The predicted octanol–water partition coefficient (Wildman–Crippen LogP) is 6.89. The Kier molecular flexibility index (Phi) is 11.5. The largest absolute Gasteiger partial charge is 0.497 e. The Morgan fingerprint density at radius 1 is 1.02 bits per heavy atom. The molecule has 0 saturated heterocycles. The lowest BCUT2D eigenvalue weighted by Gasteiger charge is -2.32. The summed E-state index contributed by atoms with van der Waals surface area (Å²) in [6.07, 6.45) is 0.537. The molecule has 47 heavy (non-hydrogen) atoms. The lowest BCUT2D eigenvalue weighted by Crippen LogP contribution is -2.50. The third-order valence-electron chi connectivity index (χ3n) is 7.96. The van der Waals surface area contributed by atoms with Crippen molar-refractivity contribution in [3.8, 4) is 11.5 Å². The lowest BCUT2D eigenvalue weighted by molar-refractivity contribution is -0.128. The number of hydrogen-bond donors (Lipinski definition) is 2. The number of rotatable bonds is 15. The molecule has 4 aromatic carbocycles. The maximum absolute atomic E-state index is 14.6. The number of nitrogens with one attached hydrogen (secondary N) is 1. The molecule has 0 fully saturated rings. The molecule has 1 aliphatic heterocycles. The standard InChI is InChI=1S/C36H36BrN5O5/c1-45-29-15-11-25(12-16-29)19-20-39-35(44)36(23-27-7-2-3-8-28(27)24-40-42-38)33(31-9-4-5-10-32(31)37)47-34(41-36)26-13-17-30(18-14-26)46-22-6-21-43/h2-5,7-18,33,43H,6,19-24H2,1H3,(H,39,44)/t33-,36-/m1/s1. The van der Waals surface area contributed by atoms with Crippen molar-refractivity contribution in [1.29, 1.82) is 0 Å². The fourth-order valence-electron chi connectivity index (χ4n) is 5.49. The number of aliphatic hydroxyl groups excluding tert-OH is 1. The lowest BCUT2D eigenvalue weighted by atomic mass is 9.81. The summed E-state index contributed by atoms with van der Waals surface area (Å²) >= 11 is 3.69. The van der Waals surface area contributed by atoms with Gasteiger partial charge in [-0.15, -0.1) is 0 Å². The minimum absolute atomic E-state index is 0.0510. The monoisotopic (exact) mass is 697 g/mol. The summed E-state index contributed by atoms with van der Waals surface area (Å²) < 4.78 is 18.4. The Hall–Kier alpha value is -4.83. The zero-order valence-corrected chi connectivity index (χ0v) is 27.6. The normalized spacial score (nSPS) is 16.8. The van der Waals surface area contributed by atoms with Gasteiger partial charge in [0, 0.05) is 46.5 Å². The molecule has 5 rings (SSSR count). The van der Waals surface area contributed by atoms with Crippen LogP contribution in [-0.4, -0.2) is 49.3 Å². The summed E-state index contributed by atoms with van der Waals surface area (Å²) in [5.74, 6) is 1.45. The third-order valence-corrected chi connectivity index (χ3v) is 8.68. The highest BCUT2D eigenvalue weighted by Crippen LogP contribution is 2.45.